The van der Waals surface area contributed by atoms with E-state index in [1.807, 2.05) is 26.0 Å². The van der Waals surface area contributed by atoms with Gasteiger partial charge in [-0.1, -0.05) is 6.08 Å². The van der Waals surface area contributed by atoms with Crippen molar-refractivity contribution in [3.63, 3.8) is 0 Å². The molecule has 4 rings (SSSR count). The van der Waals surface area contributed by atoms with E-state index in [1.54, 1.807) is 12.1 Å². The zero-order valence-corrected chi connectivity index (χ0v) is 14.2. The lowest BCUT2D eigenvalue weighted by Crippen LogP contribution is -2.21. The van der Waals surface area contributed by atoms with Crippen LogP contribution >= 0.6 is 0 Å². The van der Waals surface area contributed by atoms with Crippen molar-refractivity contribution in [1.29, 1.82) is 0 Å². The molecule has 1 aromatic rings. The van der Waals surface area contributed by atoms with E-state index in [4.69, 9.17) is 14.2 Å². The summed E-state index contributed by atoms with van der Waals surface area (Å²) in [6.07, 6.45) is 6.22. The molecule has 1 fully saturated rings. The van der Waals surface area contributed by atoms with Gasteiger partial charge in [-0.25, -0.2) is 4.39 Å². The van der Waals surface area contributed by atoms with Gasteiger partial charge in [-0.05, 0) is 56.2 Å². The van der Waals surface area contributed by atoms with Gasteiger partial charge in [0.15, 0.2) is 11.6 Å². The normalized spacial score (nSPS) is 26.3. The Morgan fingerprint density at radius 1 is 1.32 bits per heavy atom. The standard InChI is InChI=1S/C20H19FO4/c1-20(2)23-11-15(25-20)9-12-4-3-5-18-19(12)16(22)10-13-8-14(21)6-7-17(13)24-18/h3,5-9,15H,4,10-11H2,1-2H3/t15-/m1/s1. The van der Waals surface area contributed by atoms with Crippen LogP contribution in [0.5, 0.6) is 5.75 Å². The van der Waals surface area contributed by atoms with Crippen LogP contribution in [0.25, 0.3) is 0 Å². The molecule has 4 nitrogen and oxygen atoms in total. The SMILES string of the molecule is CC1(C)OC[C@@H](C=C2CC=CC3=C2C(=O)Cc2cc(F)ccc2O3)O1. The molecule has 5 heteroatoms. The van der Waals surface area contributed by atoms with Crippen LogP contribution < -0.4 is 4.74 Å². The minimum absolute atomic E-state index is 0.0758. The van der Waals surface area contributed by atoms with Gasteiger partial charge >= 0.3 is 0 Å². The molecule has 1 aliphatic carbocycles. The Morgan fingerprint density at radius 3 is 2.92 bits per heavy atom. The number of ketones is 1. The Hall–Kier alpha value is -2.24. The maximum atomic E-state index is 13.5. The molecule has 3 aliphatic rings. The lowest BCUT2D eigenvalue weighted by Gasteiger charge is -2.19. The molecular formula is C20H19FO4. The molecule has 0 amide bonds. The average molecular weight is 342 g/mol. The molecule has 2 heterocycles. The van der Waals surface area contributed by atoms with Crippen LogP contribution in [-0.2, 0) is 20.7 Å². The predicted molar refractivity (Wildman–Crippen MR) is 89.5 cm³/mol. The zero-order valence-electron chi connectivity index (χ0n) is 14.2. The van der Waals surface area contributed by atoms with Crippen LogP contribution in [0, 0.1) is 5.82 Å². The van der Waals surface area contributed by atoms with Crippen LogP contribution in [0.2, 0.25) is 0 Å². The summed E-state index contributed by atoms with van der Waals surface area (Å²) in [5.74, 6) is -0.0484. The Labute approximate surface area is 145 Å². The number of benzene rings is 1. The summed E-state index contributed by atoms with van der Waals surface area (Å²) in [6, 6.07) is 4.26. The van der Waals surface area contributed by atoms with E-state index < -0.39 is 5.79 Å². The van der Waals surface area contributed by atoms with E-state index >= 15 is 0 Å². The number of rotatable bonds is 1. The summed E-state index contributed by atoms with van der Waals surface area (Å²) in [5, 5.41) is 0. The van der Waals surface area contributed by atoms with Crippen LogP contribution in [0.1, 0.15) is 25.8 Å². The molecule has 1 aromatic carbocycles. The first kappa shape index (κ1) is 16.2. The second-order valence-corrected chi connectivity index (χ2v) is 6.86. The fourth-order valence-electron chi connectivity index (χ4n) is 3.38. The van der Waals surface area contributed by atoms with Gasteiger partial charge in [0.1, 0.15) is 23.4 Å². The van der Waals surface area contributed by atoms with Crippen molar-refractivity contribution in [2.75, 3.05) is 6.61 Å². The smallest absolute Gasteiger partial charge is 0.171 e. The highest BCUT2D eigenvalue weighted by atomic mass is 19.1. The molecule has 0 unspecified atom stereocenters. The number of halogens is 1. The maximum Gasteiger partial charge on any atom is 0.171 e. The summed E-state index contributed by atoms with van der Waals surface area (Å²) in [5.41, 5.74) is 1.98. The van der Waals surface area contributed by atoms with Crippen molar-refractivity contribution < 1.29 is 23.4 Å². The molecule has 1 atom stereocenters. The molecule has 0 spiro atoms. The lowest BCUT2D eigenvalue weighted by molar-refractivity contribution is -0.133. The Balaban J connectivity index is 1.69. The van der Waals surface area contributed by atoms with Crippen molar-refractivity contribution in [2.45, 2.75) is 38.6 Å². The molecule has 130 valence electrons. The molecule has 25 heavy (non-hydrogen) atoms. The van der Waals surface area contributed by atoms with E-state index in [2.05, 4.69) is 0 Å². The van der Waals surface area contributed by atoms with Crippen LogP contribution in [0.3, 0.4) is 0 Å². The third-order valence-corrected chi connectivity index (χ3v) is 4.46. The molecule has 0 radical (unpaired) electrons. The third kappa shape index (κ3) is 3.17. The second-order valence-electron chi connectivity index (χ2n) is 6.86. The fourth-order valence-corrected chi connectivity index (χ4v) is 3.38. The number of carbonyl (C=O) groups is 1. The number of Topliss-reactive ketones (excluding diaryl/α,β-unsaturated/α-hetero) is 1. The van der Waals surface area contributed by atoms with Gasteiger partial charge in [-0.2, -0.15) is 0 Å². The minimum atomic E-state index is -0.624. The van der Waals surface area contributed by atoms with Crippen molar-refractivity contribution >= 4 is 5.78 Å². The van der Waals surface area contributed by atoms with Crippen LogP contribution in [0.15, 0.2) is 53.3 Å². The Kier molecular flexibility index (Phi) is 3.85. The predicted octanol–water partition coefficient (Wildman–Crippen LogP) is 3.62. The largest absolute Gasteiger partial charge is 0.456 e. The summed E-state index contributed by atoms with van der Waals surface area (Å²) in [6.45, 7) is 4.17. The zero-order chi connectivity index (χ0) is 17.6. The average Bonchev–Trinajstić information content (AvgIpc) is 2.81. The van der Waals surface area contributed by atoms with Gasteiger partial charge < -0.3 is 14.2 Å². The van der Waals surface area contributed by atoms with E-state index in [-0.39, 0.29) is 24.1 Å². The van der Waals surface area contributed by atoms with E-state index in [1.165, 1.54) is 12.1 Å². The summed E-state index contributed by atoms with van der Waals surface area (Å²) < 4.78 is 30.8. The highest BCUT2D eigenvalue weighted by Crippen LogP contribution is 2.35. The van der Waals surface area contributed by atoms with Crippen LogP contribution in [-0.4, -0.2) is 24.3 Å². The van der Waals surface area contributed by atoms with Crippen molar-refractivity contribution in [3.8, 4) is 5.75 Å². The molecule has 0 bridgehead atoms. The highest BCUT2D eigenvalue weighted by Gasteiger charge is 2.33. The Morgan fingerprint density at radius 2 is 2.16 bits per heavy atom. The first-order valence-electron chi connectivity index (χ1n) is 8.34. The summed E-state index contributed by atoms with van der Waals surface area (Å²) >= 11 is 0. The summed E-state index contributed by atoms with van der Waals surface area (Å²) in [4.78, 5) is 12.8. The first-order valence-corrected chi connectivity index (χ1v) is 8.34. The van der Waals surface area contributed by atoms with Gasteiger partial charge in [-0.3, -0.25) is 4.79 Å². The number of ether oxygens (including phenoxy) is 3. The number of fused-ring (bicyclic) bond motifs is 1. The number of hydrogen-bond acceptors (Lipinski definition) is 4. The number of carbonyl (C=O) groups excluding carboxylic acids is 1. The van der Waals surface area contributed by atoms with Gasteiger partial charge in [0.05, 0.1) is 12.2 Å². The van der Waals surface area contributed by atoms with Gasteiger partial charge in [0.25, 0.3) is 0 Å². The third-order valence-electron chi connectivity index (χ3n) is 4.46. The first-order chi connectivity index (χ1) is 11.9. The maximum absolute atomic E-state index is 13.5. The molecule has 1 saturated heterocycles. The minimum Gasteiger partial charge on any atom is -0.456 e. The summed E-state index contributed by atoms with van der Waals surface area (Å²) in [7, 11) is 0. The lowest BCUT2D eigenvalue weighted by atomic mass is 9.90. The van der Waals surface area contributed by atoms with Crippen molar-refractivity contribution in [3.05, 3.63) is 64.7 Å². The molecular weight excluding hydrogens is 323 g/mol. The number of hydrogen-bond donors (Lipinski definition) is 0. The Bertz CT molecular complexity index is 832. The van der Waals surface area contributed by atoms with Crippen molar-refractivity contribution in [1.82, 2.24) is 0 Å². The quantitative estimate of drug-likeness (QED) is 0.782. The molecule has 0 saturated carbocycles. The van der Waals surface area contributed by atoms with E-state index in [9.17, 15) is 9.18 Å². The van der Waals surface area contributed by atoms with E-state index in [0.717, 1.165) is 5.57 Å². The monoisotopic (exact) mass is 342 g/mol. The van der Waals surface area contributed by atoms with Gasteiger partial charge in [0, 0.05) is 12.0 Å². The van der Waals surface area contributed by atoms with Gasteiger partial charge in [0.2, 0.25) is 0 Å². The highest BCUT2D eigenvalue weighted by molar-refractivity contribution is 6.03. The fraction of sp³-hybridized carbons (Fsp3) is 0.350. The van der Waals surface area contributed by atoms with Crippen LogP contribution in [0.4, 0.5) is 4.39 Å². The van der Waals surface area contributed by atoms with Crippen molar-refractivity contribution in [2.24, 2.45) is 0 Å². The second kappa shape index (κ2) is 5.93. The van der Waals surface area contributed by atoms with Gasteiger partial charge in [-0.15, -0.1) is 0 Å². The topological polar surface area (TPSA) is 44.8 Å². The van der Waals surface area contributed by atoms with E-state index in [0.29, 0.717) is 35.7 Å². The molecule has 2 aliphatic heterocycles. The molecule has 0 aromatic heterocycles. The molecule has 0 N–H and O–H groups in total. The number of allylic oxidation sites excluding steroid dienone is 4.